The van der Waals surface area contributed by atoms with Crippen molar-refractivity contribution in [1.82, 2.24) is 9.29 Å². The van der Waals surface area contributed by atoms with Crippen LogP contribution < -0.4 is 4.90 Å². The van der Waals surface area contributed by atoms with E-state index in [9.17, 15) is 8.42 Å². The fourth-order valence-corrected chi connectivity index (χ4v) is 3.84. The monoisotopic (exact) mass is 303 g/mol. The van der Waals surface area contributed by atoms with Crippen LogP contribution in [0, 0.1) is 12.3 Å². The van der Waals surface area contributed by atoms with Gasteiger partial charge in [-0.2, -0.15) is 4.31 Å². The van der Waals surface area contributed by atoms with Gasteiger partial charge in [-0.1, -0.05) is 24.1 Å². The zero-order valence-corrected chi connectivity index (χ0v) is 12.6. The summed E-state index contributed by atoms with van der Waals surface area (Å²) in [5, 5.41) is 1.13. The molecule has 0 saturated carbocycles. The molecule has 1 atom stereocenters. The molecule has 1 unspecified atom stereocenters. The molecule has 0 radical (unpaired) electrons. The predicted octanol–water partition coefficient (Wildman–Crippen LogP) is 1.25. The van der Waals surface area contributed by atoms with Crippen LogP contribution >= 0.6 is 0 Å². The molecule has 1 N–H and O–H groups in total. The number of terminal acetylenes is 1. The number of fused-ring (bicyclic) bond motifs is 1. The van der Waals surface area contributed by atoms with Crippen molar-refractivity contribution in [3.05, 3.63) is 30.5 Å². The second-order valence-electron chi connectivity index (χ2n) is 5.22. The van der Waals surface area contributed by atoms with Crippen LogP contribution in [0.5, 0.6) is 0 Å². The third-order valence-electron chi connectivity index (χ3n) is 3.86. The van der Waals surface area contributed by atoms with Gasteiger partial charge < -0.3 is 9.88 Å². The summed E-state index contributed by atoms with van der Waals surface area (Å²) in [4.78, 5) is 5.38. The van der Waals surface area contributed by atoms with E-state index in [1.807, 2.05) is 24.4 Å². The highest BCUT2D eigenvalue weighted by molar-refractivity contribution is 7.88. The minimum atomic E-state index is -3.27. The number of hydrogen-bond donors (Lipinski definition) is 1. The van der Waals surface area contributed by atoms with Crippen LogP contribution in [0.2, 0.25) is 0 Å². The van der Waals surface area contributed by atoms with Gasteiger partial charge in [-0.25, -0.2) is 8.42 Å². The molecule has 2 heterocycles. The highest BCUT2D eigenvalue weighted by Gasteiger charge is 2.32. The van der Waals surface area contributed by atoms with E-state index >= 15 is 0 Å². The first-order valence-corrected chi connectivity index (χ1v) is 8.59. The summed E-state index contributed by atoms with van der Waals surface area (Å²) >= 11 is 0. The summed E-state index contributed by atoms with van der Waals surface area (Å²) in [6.07, 6.45) is 8.69. The van der Waals surface area contributed by atoms with E-state index < -0.39 is 16.1 Å². The van der Waals surface area contributed by atoms with Crippen LogP contribution in [0.3, 0.4) is 0 Å². The van der Waals surface area contributed by atoms with Crippen LogP contribution in [0.15, 0.2) is 30.5 Å². The largest absolute Gasteiger partial charge is 0.366 e. The lowest BCUT2D eigenvalue weighted by Gasteiger charge is -2.38. The molecule has 6 heteroatoms. The number of rotatable bonds is 2. The molecule has 3 rings (SSSR count). The Balaban J connectivity index is 1.91. The van der Waals surface area contributed by atoms with Crippen molar-refractivity contribution in [2.45, 2.75) is 6.04 Å². The molecule has 0 bridgehead atoms. The minimum absolute atomic E-state index is 0.410. The number of sulfonamides is 1. The molecular weight excluding hydrogens is 286 g/mol. The number of piperazine rings is 1. The van der Waals surface area contributed by atoms with E-state index in [0.29, 0.717) is 19.6 Å². The fourth-order valence-electron chi connectivity index (χ4n) is 2.84. The first kappa shape index (κ1) is 14.0. The van der Waals surface area contributed by atoms with Crippen molar-refractivity contribution < 1.29 is 8.42 Å². The van der Waals surface area contributed by atoms with Gasteiger partial charge in [0.05, 0.1) is 11.9 Å². The van der Waals surface area contributed by atoms with Crippen molar-refractivity contribution >= 4 is 26.6 Å². The number of nitrogens with one attached hydrogen (secondary N) is 1. The lowest BCUT2D eigenvalue weighted by molar-refractivity contribution is 0.341. The number of para-hydroxylation sites is 1. The Bertz CT molecular complexity index is 804. The van der Waals surface area contributed by atoms with Crippen LogP contribution in [0.4, 0.5) is 5.69 Å². The average molecular weight is 303 g/mol. The summed E-state index contributed by atoms with van der Waals surface area (Å²) < 4.78 is 24.9. The predicted molar refractivity (Wildman–Crippen MR) is 84.7 cm³/mol. The van der Waals surface area contributed by atoms with E-state index in [1.54, 1.807) is 0 Å². The molecule has 1 aliphatic rings. The van der Waals surface area contributed by atoms with Crippen molar-refractivity contribution in [1.29, 1.82) is 0 Å². The zero-order chi connectivity index (χ0) is 15.0. The SMILES string of the molecule is C#CC1CN(c2c[nH]c3ccccc23)CCN1S(C)(=O)=O. The second-order valence-corrected chi connectivity index (χ2v) is 7.16. The number of anilines is 1. The van der Waals surface area contributed by atoms with E-state index in [-0.39, 0.29) is 0 Å². The molecule has 2 aromatic rings. The Morgan fingerprint density at radius 3 is 2.81 bits per heavy atom. The molecule has 1 saturated heterocycles. The van der Waals surface area contributed by atoms with Crippen LogP contribution in [0.25, 0.3) is 10.9 Å². The quantitative estimate of drug-likeness (QED) is 0.850. The number of hydrogen-bond acceptors (Lipinski definition) is 3. The smallest absolute Gasteiger partial charge is 0.212 e. The first-order valence-electron chi connectivity index (χ1n) is 6.74. The third-order valence-corrected chi connectivity index (χ3v) is 5.15. The normalized spacial score (nSPS) is 20.6. The lowest BCUT2D eigenvalue weighted by atomic mass is 10.1. The number of H-pyrrole nitrogens is 1. The molecule has 1 aromatic heterocycles. The summed E-state index contributed by atoms with van der Waals surface area (Å²) in [6.45, 7) is 1.55. The summed E-state index contributed by atoms with van der Waals surface area (Å²) in [5.41, 5.74) is 2.13. The van der Waals surface area contributed by atoms with E-state index in [4.69, 9.17) is 6.42 Å². The van der Waals surface area contributed by atoms with Gasteiger partial charge >= 0.3 is 0 Å². The standard InChI is InChI=1S/C15H17N3O2S/c1-3-12-11-17(8-9-18(12)21(2,19)20)15-10-16-14-7-5-4-6-13(14)15/h1,4-7,10,12,16H,8-9,11H2,2H3. The Morgan fingerprint density at radius 1 is 1.33 bits per heavy atom. The van der Waals surface area contributed by atoms with Gasteiger partial charge in [-0.05, 0) is 6.07 Å². The van der Waals surface area contributed by atoms with Gasteiger partial charge in [-0.3, -0.25) is 0 Å². The first-order chi connectivity index (χ1) is 10.0. The molecule has 1 aliphatic heterocycles. The molecular formula is C15H17N3O2S. The molecule has 1 fully saturated rings. The maximum atomic E-state index is 11.8. The molecule has 0 aliphatic carbocycles. The number of aromatic nitrogens is 1. The second kappa shape index (κ2) is 5.10. The third kappa shape index (κ3) is 2.50. The van der Waals surface area contributed by atoms with Crippen molar-refractivity contribution in [3.63, 3.8) is 0 Å². The number of nitrogens with zero attached hydrogens (tertiary/aromatic N) is 2. The van der Waals surface area contributed by atoms with Crippen LogP contribution in [0.1, 0.15) is 0 Å². The highest BCUT2D eigenvalue weighted by atomic mass is 32.2. The van der Waals surface area contributed by atoms with Crippen molar-refractivity contribution in [2.75, 3.05) is 30.8 Å². The van der Waals surface area contributed by atoms with Gasteiger partial charge in [0.1, 0.15) is 6.04 Å². The van der Waals surface area contributed by atoms with Gasteiger partial charge in [0, 0.05) is 36.7 Å². The highest BCUT2D eigenvalue weighted by Crippen LogP contribution is 2.28. The van der Waals surface area contributed by atoms with Gasteiger partial charge in [-0.15, -0.1) is 6.42 Å². The maximum Gasteiger partial charge on any atom is 0.212 e. The van der Waals surface area contributed by atoms with E-state index in [2.05, 4.69) is 21.9 Å². The molecule has 5 nitrogen and oxygen atoms in total. The zero-order valence-electron chi connectivity index (χ0n) is 11.8. The molecule has 1 aromatic carbocycles. The maximum absolute atomic E-state index is 11.8. The van der Waals surface area contributed by atoms with Crippen LogP contribution in [-0.4, -0.2) is 49.6 Å². The number of aromatic amines is 1. The van der Waals surface area contributed by atoms with Crippen molar-refractivity contribution in [3.8, 4) is 12.3 Å². The Hall–Kier alpha value is -1.97. The summed E-state index contributed by atoms with van der Waals surface area (Å²) in [5.74, 6) is 2.60. The van der Waals surface area contributed by atoms with Gasteiger partial charge in [0.15, 0.2) is 0 Å². The van der Waals surface area contributed by atoms with E-state index in [1.165, 1.54) is 10.6 Å². The topological polar surface area (TPSA) is 56.4 Å². The Morgan fingerprint density at radius 2 is 2.10 bits per heavy atom. The van der Waals surface area contributed by atoms with Gasteiger partial charge in [0.2, 0.25) is 10.0 Å². The molecule has 110 valence electrons. The minimum Gasteiger partial charge on any atom is -0.366 e. The van der Waals surface area contributed by atoms with Crippen LogP contribution in [-0.2, 0) is 10.0 Å². The molecule has 0 amide bonds. The van der Waals surface area contributed by atoms with Crippen molar-refractivity contribution in [2.24, 2.45) is 0 Å². The summed E-state index contributed by atoms with van der Waals surface area (Å²) in [6, 6.07) is 7.61. The molecule has 0 spiro atoms. The van der Waals surface area contributed by atoms with E-state index in [0.717, 1.165) is 16.6 Å². The lowest BCUT2D eigenvalue weighted by Crippen LogP contribution is -2.54. The molecule has 21 heavy (non-hydrogen) atoms. The Labute approximate surface area is 124 Å². The average Bonchev–Trinajstić information content (AvgIpc) is 2.89. The number of benzene rings is 1. The Kier molecular flexibility index (Phi) is 3.40. The summed E-state index contributed by atoms with van der Waals surface area (Å²) in [7, 11) is -3.27. The fraction of sp³-hybridized carbons (Fsp3) is 0.333. The van der Waals surface area contributed by atoms with Gasteiger partial charge in [0.25, 0.3) is 0 Å².